The van der Waals surface area contributed by atoms with Crippen molar-refractivity contribution in [2.45, 2.75) is 25.4 Å². The molecule has 0 saturated carbocycles. The van der Waals surface area contributed by atoms with Gasteiger partial charge in [0.2, 0.25) is 0 Å². The van der Waals surface area contributed by atoms with Gasteiger partial charge in [0.15, 0.2) is 4.77 Å². The van der Waals surface area contributed by atoms with Crippen molar-refractivity contribution in [2.75, 3.05) is 25.0 Å². The molecule has 1 aliphatic heterocycles. The largest absolute Gasteiger partial charge is 0.356 e. The van der Waals surface area contributed by atoms with E-state index in [0.717, 1.165) is 38.3 Å². The first kappa shape index (κ1) is 19.3. The van der Waals surface area contributed by atoms with Gasteiger partial charge in [-0.2, -0.15) is 5.26 Å². The zero-order valence-corrected chi connectivity index (χ0v) is 16.8. The maximum atomic E-state index is 9.66. The molecule has 0 amide bonds. The molecule has 0 bridgehead atoms. The van der Waals surface area contributed by atoms with Crippen LogP contribution in [0.15, 0.2) is 24.5 Å². The summed E-state index contributed by atoms with van der Waals surface area (Å²) in [5.74, 6) is 0.723. The van der Waals surface area contributed by atoms with Crippen molar-refractivity contribution in [3.8, 4) is 6.07 Å². The molecule has 1 saturated heterocycles. The zero-order chi connectivity index (χ0) is 19.6. The van der Waals surface area contributed by atoms with Crippen molar-refractivity contribution in [1.82, 2.24) is 19.0 Å². The minimum absolute atomic E-state index is 0.159. The number of nitrogens with zero attached hydrogens (tertiary/aromatic N) is 6. The number of pyridine rings is 1. The van der Waals surface area contributed by atoms with Crippen LogP contribution in [-0.4, -0.2) is 45.2 Å². The van der Waals surface area contributed by atoms with E-state index in [0.29, 0.717) is 10.3 Å². The molecule has 1 fully saturated rings. The number of aromatic nitrogens is 3. The lowest BCUT2D eigenvalue weighted by Gasteiger charge is -2.39. The molecule has 3 rings (SSSR count). The first-order valence-corrected chi connectivity index (χ1v) is 9.43. The number of hydrogen-bond acceptors (Lipinski definition) is 6. The van der Waals surface area contributed by atoms with Gasteiger partial charge >= 0.3 is 0 Å². The Bertz CT molecular complexity index is 971. The minimum atomic E-state index is 0.159. The van der Waals surface area contributed by atoms with Gasteiger partial charge in [0.25, 0.3) is 0 Å². The monoisotopic (exact) mass is 383 g/mol. The number of nitrogens with one attached hydrogen (secondary N) is 1. The highest BCUT2D eigenvalue weighted by molar-refractivity contribution is 7.71. The Morgan fingerprint density at radius 2 is 2.04 bits per heavy atom. The van der Waals surface area contributed by atoms with Gasteiger partial charge < -0.3 is 14.0 Å². The lowest BCUT2D eigenvalue weighted by Crippen LogP contribution is -2.48. The van der Waals surface area contributed by atoms with E-state index in [1.165, 1.54) is 5.56 Å². The summed E-state index contributed by atoms with van der Waals surface area (Å²) < 4.78 is 3.94. The van der Waals surface area contributed by atoms with E-state index < -0.39 is 0 Å². The van der Waals surface area contributed by atoms with Gasteiger partial charge in [0.1, 0.15) is 22.9 Å². The van der Waals surface area contributed by atoms with Gasteiger partial charge in [-0.05, 0) is 49.3 Å². The molecule has 142 valence electrons. The molecule has 1 aliphatic rings. The average molecular weight is 384 g/mol. The molecule has 2 aromatic rings. The Balaban J connectivity index is 1.88. The third kappa shape index (κ3) is 3.80. The fourth-order valence-electron chi connectivity index (χ4n) is 3.78. The molecule has 8 heteroatoms. The van der Waals surface area contributed by atoms with E-state index in [-0.39, 0.29) is 11.5 Å². The van der Waals surface area contributed by atoms with E-state index in [9.17, 15) is 5.26 Å². The van der Waals surface area contributed by atoms with Crippen molar-refractivity contribution in [2.24, 2.45) is 14.1 Å². The number of hydrogen-bond donors (Lipinski definition) is 1. The number of rotatable bonds is 4. The van der Waals surface area contributed by atoms with Crippen molar-refractivity contribution < 1.29 is 0 Å². The molecular weight excluding hydrogens is 358 g/mol. The molecule has 1 atom stereocenters. The van der Waals surface area contributed by atoms with Crippen LogP contribution in [0.3, 0.4) is 0 Å². The number of likely N-dealkylation sites (tertiary alicyclic amines) is 1. The molecule has 2 aromatic heterocycles. The summed E-state index contributed by atoms with van der Waals surface area (Å²) in [4.78, 5) is 8.65. The van der Waals surface area contributed by atoms with Crippen LogP contribution in [0.4, 0.5) is 5.82 Å². The highest BCUT2D eigenvalue weighted by Gasteiger charge is 2.27. The fourth-order valence-corrected chi connectivity index (χ4v) is 3.96. The molecule has 7 nitrogen and oxygen atoms in total. The quantitative estimate of drug-likeness (QED) is 0.817. The zero-order valence-electron chi connectivity index (χ0n) is 16.0. The molecule has 0 aromatic carbocycles. The third-order valence-electron chi connectivity index (χ3n) is 5.32. The Kier molecular flexibility index (Phi) is 5.73. The summed E-state index contributed by atoms with van der Waals surface area (Å²) >= 11 is 5.46. The van der Waals surface area contributed by atoms with Crippen LogP contribution in [0.1, 0.15) is 24.0 Å². The average Bonchev–Trinajstić information content (AvgIpc) is 2.69. The summed E-state index contributed by atoms with van der Waals surface area (Å²) in [6, 6.07) is 6.57. The molecule has 0 radical (unpaired) electrons. The van der Waals surface area contributed by atoms with Gasteiger partial charge in [-0.1, -0.05) is 0 Å². The maximum Gasteiger partial charge on any atom is 0.182 e. The standard InChI is InChI=1S/C19H25N7S/c1-23(18-16(11-20)17(21)24(2)19(27)25(18)3)15-5-4-10-26(13-15)12-14-6-8-22-9-7-14/h6-9,15,21H,4-5,10,12-13H2,1-3H3. The van der Waals surface area contributed by atoms with E-state index >= 15 is 0 Å². The van der Waals surface area contributed by atoms with Crippen LogP contribution in [0.25, 0.3) is 0 Å². The summed E-state index contributed by atoms with van der Waals surface area (Å²) in [5, 5.41) is 17.9. The molecule has 0 aliphatic carbocycles. The van der Waals surface area contributed by atoms with E-state index in [2.05, 4.69) is 20.9 Å². The summed E-state index contributed by atoms with van der Waals surface area (Å²) in [7, 11) is 5.60. The molecule has 27 heavy (non-hydrogen) atoms. The van der Waals surface area contributed by atoms with Gasteiger partial charge in [0, 0.05) is 52.7 Å². The third-order valence-corrected chi connectivity index (χ3v) is 5.86. The Labute approximate surface area is 164 Å². The van der Waals surface area contributed by atoms with Crippen molar-refractivity contribution in [3.05, 3.63) is 45.9 Å². The van der Waals surface area contributed by atoms with Crippen LogP contribution < -0.4 is 10.4 Å². The predicted molar refractivity (Wildman–Crippen MR) is 107 cm³/mol. The predicted octanol–water partition coefficient (Wildman–Crippen LogP) is 1.94. The first-order chi connectivity index (χ1) is 12.9. The minimum Gasteiger partial charge on any atom is -0.356 e. The lowest BCUT2D eigenvalue weighted by molar-refractivity contribution is 0.198. The topological polar surface area (TPSA) is 76.9 Å². The number of nitriles is 1. The molecule has 3 heterocycles. The number of piperidine rings is 1. The van der Waals surface area contributed by atoms with Gasteiger partial charge in [-0.3, -0.25) is 15.3 Å². The molecular formula is C19H25N7S. The molecule has 1 N–H and O–H groups in total. The van der Waals surface area contributed by atoms with Gasteiger partial charge in [0.05, 0.1) is 0 Å². The van der Waals surface area contributed by atoms with Crippen LogP contribution in [0.5, 0.6) is 0 Å². The summed E-state index contributed by atoms with van der Waals surface area (Å²) in [5.41, 5.74) is 1.78. The number of likely N-dealkylation sites (N-methyl/N-ethyl adjacent to an activating group) is 1. The SMILES string of the molecule is CN(c1c(C#N)c(=N)n(C)c(=S)n1C)C1CCCN(Cc2ccncc2)C1. The van der Waals surface area contributed by atoms with E-state index in [1.54, 1.807) is 11.6 Å². The highest BCUT2D eigenvalue weighted by atomic mass is 32.1. The smallest absolute Gasteiger partial charge is 0.182 e. The Morgan fingerprint density at radius 1 is 1.33 bits per heavy atom. The normalized spacial score (nSPS) is 17.5. The van der Waals surface area contributed by atoms with E-state index in [4.69, 9.17) is 17.6 Å². The second-order valence-electron chi connectivity index (χ2n) is 7.06. The highest BCUT2D eigenvalue weighted by Crippen LogP contribution is 2.24. The van der Waals surface area contributed by atoms with Crippen molar-refractivity contribution in [3.63, 3.8) is 0 Å². The lowest BCUT2D eigenvalue weighted by atomic mass is 10.0. The second kappa shape index (κ2) is 8.03. The Hall–Kier alpha value is -2.50. The first-order valence-electron chi connectivity index (χ1n) is 9.02. The van der Waals surface area contributed by atoms with Crippen LogP contribution >= 0.6 is 12.2 Å². The molecule has 1 unspecified atom stereocenters. The van der Waals surface area contributed by atoms with Crippen molar-refractivity contribution in [1.29, 1.82) is 10.7 Å². The van der Waals surface area contributed by atoms with Crippen LogP contribution in [0.2, 0.25) is 0 Å². The van der Waals surface area contributed by atoms with Gasteiger partial charge in [-0.25, -0.2) is 0 Å². The van der Waals surface area contributed by atoms with Crippen LogP contribution in [0, 0.1) is 21.5 Å². The summed E-state index contributed by atoms with van der Waals surface area (Å²) in [6.45, 7) is 2.86. The van der Waals surface area contributed by atoms with E-state index in [1.807, 2.05) is 43.2 Å². The summed E-state index contributed by atoms with van der Waals surface area (Å²) in [6.07, 6.45) is 5.80. The maximum absolute atomic E-state index is 9.66. The second-order valence-corrected chi connectivity index (χ2v) is 7.42. The molecule has 0 spiro atoms. The Morgan fingerprint density at radius 3 is 2.70 bits per heavy atom. The number of anilines is 1. The fraction of sp³-hybridized carbons (Fsp3) is 0.474. The van der Waals surface area contributed by atoms with Crippen LogP contribution in [-0.2, 0) is 20.6 Å². The van der Waals surface area contributed by atoms with Gasteiger partial charge in [-0.15, -0.1) is 0 Å². The van der Waals surface area contributed by atoms with Crippen molar-refractivity contribution >= 4 is 18.0 Å².